The van der Waals surface area contributed by atoms with Crippen molar-refractivity contribution >= 4 is 16.9 Å². The zero-order valence-electron chi connectivity index (χ0n) is 14.7. The number of carbonyl (C=O) groups excluding carboxylic acids is 1. The summed E-state index contributed by atoms with van der Waals surface area (Å²) in [5.41, 5.74) is 2.38. The van der Waals surface area contributed by atoms with E-state index in [1.54, 1.807) is 17.1 Å². The van der Waals surface area contributed by atoms with Crippen LogP contribution in [0.2, 0.25) is 0 Å². The first-order valence-electron chi connectivity index (χ1n) is 8.05. The van der Waals surface area contributed by atoms with Gasteiger partial charge in [-0.1, -0.05) is 12.1 Å². The van der Waals surface area contributed by atoms with Crippen molar-refractivity contribution in [2.24, 2.45) is 7.05 Å². The summed E-state index contributed by atoms with van der Waals surface area (Å²) in [6, 6.07) is 7.74. The van der Waals surface area contributed by atoms with Gasteiger partial charge in [0, 0.05) is 13.2 Å². The molecule has 24 heavy (non-hydrogen) atoms. The van der Waals surface area contributed by atoms with E-state index in [9.17, 15) is 4.79 Å². The smallest absolute Gasteiger partial charge is 0.255 e. The highest BCUT2D eigenvalue weighted by Gasteiger charge is 2.20. The topological polar surface area (TPSA) is 64.7 Å². The monoisotopic (exact) mass is 325 g/mol. The van der Waals surface area contributed by atoms with Crippen molar-refractivity contribution < 1.29 is 4.79 Å². The molecule has 3 aromatic rings. The average molecular weight is 325 g/mol. The number of carbonyl (C=O) groups is 1. The molecule has 2 heterocycles. The number of aromatic nitrogens is 4. The summed E-state index contributed by atoms with van der Waals surface area (Å²) in [4.78, 5) is 17.1. The summed E-state index contributed by atoms with van der Waals surface area (Å²) >= 11 is 0. The van der Waals surface area contributed by atoms with E-state index in [-0.39, 0.29) is 17.5 Å². The Kier molecular flexibility index (Phi) is 3.91. The number of hydrogen-bond acceptors (Lipinski definition) is 3. The van der Waals surface area contributed by atoms with Crippen LogP contribution in [0, 0.1) is 0 Å². The molecule has 0 spiro atoms. The van der Waals surface area contributed by atoms with Crippen molar-refractivity contribution in [3.8, 4) is 0 Å². The lowest BCUT2D eigenvalue weighted by molar-refractivity contribution is 0.0937. The van der Waals surface area contributed by atoms with Gasteiger partial charge in [-0.15, -0.1) is 0 Å². The number of nitrogens with one attached hydrogen (secondary N) is 1. The molecule has 0 radical (unpaired) electrons. The van der Waals surface area contributed by atoms with Gasteiger partial charge < -0.3 is 9.88 Å². The van der Waals surface area contributed by atoms with Gasteiger partial charge in [0.2, 0.25) is 0 Å². The van der Waals surface area contributed by atoms with Crippen molar-refractivity contribution in [1.82, 2.24) is 24.6 Å². The summed E-state index contributed by atoms with van der Waals surface area (Å²) < 4.78 is 3.81. The van der Waals surface area contributed by atoms with Gasteiger partial charge in [0.15, 0.2) is 0 Å². The molecule has 0 saturated heterocycles. The lowest BCUT2D eigenvalue weighted by Crippen LogP contribution is -2.28. The molecule has 2 aromatic heterocycles. The molecule has 0 saturated carbocycles. The average Bonchev–Trinajstić information content (AvgIpc) is 3.13. The fourth-order valence-electron chi connectivity index (χ4n) is 2.70. The normalized spacial score (nSPS) is 13.2. The number of nitrogens with zero attached hydrogens (tertiary/aromatic N) is 4. The van der Waals surface area contributed by atoms with Crippen LogP contribution in [-0.2, 0) is 12.6 Å². The number of para-hydroxylation sites is 2. The van der Waals surface area contributed by atoms with Gasteiger partial charge in [0.1, 0.15) is 5.82 Å². The maximum atomic E-state index is 12.5. The third-order valence-corrected chi connectivity index (χ3v) is 4.09. The summed E-state index contributed by atoms with van der Waals surface area (Å²) in [6.45, 7) is 8.07. The number of hydrogen-bond donors (Lipinski definition) is 1. The second-order valence-electron chi connectivity index (χ2n) is 7.06. The van der Waals surface area contributed by atoms with E-state index in [0.717, 1.165) is 16.9 Å². The number of benzene rings is 1. The molecule has 1 aromatic carbocycles. The highest BCUT2D eigenvalue weighted by atomic mass is 16.1. The van der Waals surface area contributed by atoms with E-state index >= 15 is 0 Å². The molecule has 126 valence electrons. The van der Waals surface area contributed by atoms with Crippen LogP contribution >= 0.6 is 0 Å². The van der Waals surface area contributed by atoms with E-state index in [4.69, 9.17) is 0 Å². The Bertz CT molecular complexity index is 884. The van der Waals surface area contributed by atoms with Gasteiger partial charge in [-0.2, -0.15) is 5.10 Å². The summed E-state index contributed by atoms with van der Waals surface area (Å²) in [5.74, 6) is 0.679. The van der Waals surface area contributed by atoms with Crippen molar-refractivity contribution in [3.05, 3.63) is 48.0 Å². The zero-order valence-corrected chi connectivity index (χ0v) is 14.7. The predicted molar refractivity (Wildman–Crippen MR) is 93.8 cm³/mol. The fraction of sp³-hybridized carbons (Fsp3) is 0.389. The van der Waals surface area contributed by atoms with Crippen LogP contribution in [0.25, 0.3) is 11.0 Å². The molecule has 1 N–H and O–H groups in total. The minimum atomic E-state index is -0.201. The van der Waals surface area contributed by atoms with Crippen molar-refractivity contribution in [1.29, 1.82) is 0 Å². The van der Waals surface area contributed by atoms with Crippen LogP contribution < -0.4 is 5.32 Å². The van der Waals surface area contributed by atoms with Crippen molar-refractivity contribution in [3.63, 3.8) is 0 Å². The molecule has 1 atom stereocenters. The molecule has 1 amide bonds. The zero-order chi connectivity index (χ0) is 17.5. The molecule has 6 nitrogen and oxygen atoms in total. The van der Waals surface area contributed by atoms with Crippen LogP contribution in [0.4, 0.5) is 0 Å². The lowest BCUT2D eigenvalue weighted by atomic mass is 10.1. The molecule has 0 aliphatic heterocycles. The van der Waals surface area contributed by atoms with Crippen LogP contribution in [0.1, 0.15) is 49.9 Å². The summed E-state index contributed by atoms with van der Waals surface area (Å²) in [7, 11) is 1.96. The molecule has 0 aliphatic rings. The highest BCUT2D eigenvalue weighted by Crippen LogP contribution is 2.20. The van der Waals surface area contributed by atoms with Gasteiger partial charge in [-0.05, 0) is 39.8 Å². The Morgan fingerprint density at radius 1 is 1.25 bits per heavy atom. The fourth-order valence-corrected chi connectivity index (χ4v) is 2.70. The summed E-state index contributed by atoms with van der Waals surface area (Å²) in [6.07, 6.45) is 3.37. The molecule has 0 aliphatic carbocycles. The van der Waals surface area contributed by atoms with E-state index in [2.05, 4.69) is 15.4 Å². The first-order chi connectivity index (χ1) is 11.3. The molecular weight excluding hydrogens is 302 g/mol. The number of aryl methyl sites for hydroxylation is 1. The predicted octanol–water partition coefficient (Wildman–Crippen LogP) is 3.02. The van der Waals surface area contributed by atoms with Crippen LogP contribution in [0.5, 0.6) is 0 Å². The third-order valence-electron chi connectivity index (χ3n) is 4.09. The van der Waals surface area contributed by atoms with Crippen molar-refractivity contribution in [2.45, 2.75) is 39.3 Å². The first kappa shape index (κ1) is 16.2. The molecule has 6 heteroatoms. The van der Waals surface area contributed by atoms with Gasteiger partial charge in [-0.25, -0.2) is 4.98 Å². The highest BCUT2D eigenvalue weighted by molar-refractivity contribution is 5.94. The molecule has 3 rings (SSSR count). The second kappa shape index (κ2) is 5.78. The SMILES string of the molecule is C[C@H](NC(=O)c1cnn(C(C)(C)C)c1)c1nc2ccccc2n1C. The second-order valence-corrected chi connectivity index (χ2v) is 7.06. The standard InChI is InChI=1S/C18H23N5O/c1-12(16-21-14-8-6-7-9-15(14)22(16)5)20-17(24)13-10-19-23(11-13)18(2,3)4/h6-12H,1-5H3,(H,20,24)/t12-/m0/s1. The minimum Gasteiger partial charge on any atom is -0.342 e. The number of fused-ring (bicyclic) bond motifs is 1. The summed E-state index contributed by atoms with van der Waals surface area (Å²) in [5, 5.41) is 7.28. The maximum Gasteiger partial charge on any atom is 0.255 e. The minimum absolute atomic E-state index is 0.148. The van der Waals surface area contributed by atoms with Gasteiger partial charge in [0.25, 0.3) is 5.91 Å². The van der Waals surface area contributed by atoms with Crippen LogP contribution in [0.15, 0.2) is 36.7 Å². The number of imidazole rings is 1. The van der Waals surface area contributed by atoms with E-state index < -0.39 is 0 Å². The number of amides is 1. The van der Waals surface area contributed by atoms with Crippen LogP contribution in [0.3, 0.4) is 0 Å². The van der Waals surface area contributed by atoms with E-state index in [0.29, 0.717) is 5.56 Å². The van der Waals surface area contributed by atoms with E-state index in [1.165, 1.54) is 0 Å². The Labute approximate surface area is 141 Å². The Morgan fingerprint density at radius 2 is 1.96 bits per heavy atom. The maximum absolute atomic E-state index is 12.5. The van der Waals surface area contributed by atoms with Gasteiger partial charge in [0.05, 0.1) is 34.4 Å². The van der Waals surface area contributed by atoms with E-state index in [1.807, 2.05) is 63.6 Å². The lowest BCUT2D eigenvalue weighted by Gasteiger charge is -2.18. The Morgan fingerprint density at radius 3 is 2.58 bits per heavy atom. The first-order valence-corrected chi connectivity index (χ1v) is 8.05. The quantitative estimate of drug-likeness (QED) is 0.805. The molecular formula is C18H23N5O. The van der Waals surface area contributed by atoms with Gasteiger partial charge >= 0.3 is 0 Å². The molecule has 0 fully saturated rings. The van der Waals surface area contributed by atoms with Gasteiger partial charge in [-0.3, -0.25) is 9.48 Å². The largest absolute Gasteiger partial charge is 0.342 e. The Balaban J connectivity index is 1.80. The Hall–Kier alpha value is -2.63. The number of rotatable bonds is 3. The van der Waals surface area contributed by atoms with Crippen molar-refractivity contribution in [2.75, 3.05) is 0 Å². The molecule has 0 bridgehead atoms. The molecule has 0 unspecified atom stereocenters. The third kappa shape index (κ3) is 2.91. The van der Waals surface area contributed by atoms with Crippen LogP contribution in [-0.4, -0.2) is 25.2 Å².